The first-order valence-corrected chi connectivity index (χ1v) is 14.3. The fraction of sp³-hybridized carbons (Fsp3) is 0.367. The molecule has 1 N–H and O–H groups in total. The second kappa shape index (κ2) is 10.1. The molecule has 2 unspecified atom stereocenters. The Morgan fingerprint density at radius 1 is 1.03 bits per heavy atom. The Labute approximate surface area is 236 Å². The van der Waals surface area contributed by atoms with Crippen LogP contribution in [0.15, 0.2) is 59.3 Å². The van der Waals surface area contributed by atoms with Crippen molar-refractivity contribution in [3.05, 3.63) is 76.1 Å². The van der Waals surface area contributed by atoms with E-state index in [0.717, 1.165) is 60.8 Å². The molecule has 4 aromatic rings. The number of aromatic nitrogens is 2. The smallest absolute Gasteiger partial charge is 0.322 e. The molecule has 2 aliphatic heterocycles. The van der Waals surface area contributed by atoms with Crippen LogP contribution in [0.3, 0.4) is 0 Å². The van der Waals surface area contributed by atoms with Crippen LogP contribution in [0.5, 0.6) is 0 Å². The van der Waals surface area contributed by atoms with Crippen molar-refractivity contribution in [2.75, 3.05) is 5.32 Å². The van der Waals surface area contributed by atoms with Crippen LogP contribution in [-0.2, 0) is 11.3 Å². The van der Waals surface area contributed by atoms with Gasteiger partial charge in [0, 0.05) is 34.5 Å². The summed E-state index contributed by atoms with van der Waals surface area (Å²) in [5.74, 6) is 1.25. The van der Waals surface area contributed by atoms with Gasteiger partial charge in [0.1, 0.15) is 11.5 Å². The zero-order valence-electron chi connectivity index (χ0n) is 21.3. The standard InChI is InChI=1S/C30H28Cl2N4O3/c31-24-5-3-6-25(32)27(24)28-23(29(39-35-28)17-8-9-17)16-38-22-13-20-10-11-21(14-22)36(20)30(37)34-19-12-18-4-1-2-7-26(18)33-15-19/h1-7,12,15,17,20-22H,8-11,13-14,16H2,(H,34,37)/t20-,21?,22?/m0/s1. The molecule has 2 bridgehead atoms. The zero-order valence-corrected chi connectivity index (χ0v) is 22.8. The van der Waals surface area contributed by atoms with Crippen LogP contribution in [0.25, 0.3) is 22.2 Å². The van der Waals surface area contributed by atoms with Crippen LogP contribution in [0.4, 0.5) is 10.5 Å². The fourth-order valence-corrected chi connectivity index (χ4v) is 6.75. The minimum atomic E-state index is -0.0660. The van der Waals surface area contributed by atoms with Crippen LogP contribution in [0.2, 0.25) is 10.0 Å². The van der Waals surface area contributed by atoms with Crippen molar-refractivity contribution < 1.29 is 14.1 Å². The number of urea groups is 1. The summed E-state index contributed by atoms with van der Waals surface area (Å²) in [7, 11) is 0. The third kappa shape index (κ3) is 4.77. The highest BCUT2D eigenvalue weighted by Crippen LogP contribution is 2.46. The number of fused-ring (bicyclic) bond motifs is 3. The fourth-order valence-electron chi connectivity index (χ4n) is 6.17. The molecule has 1 saturated carbocycles. The molecule has 1 aliphatic carbocycles. The van der Waals surface area contributed by atoms with Gasteiger partial charge >= 0.3 is 6.03 Å². The van der Waals surface area contributed by atoms with Crippen molar-refractivity contribution in [3.8, 4) is 11.3 Å². The maximum absolute atomic E-state index is 13.3. The molecule has 2 saturated heterocycles. The number of carbonyl (C=O) groups is 1. The second-order valence-corrected chi connectivity index (χ2v) is 11.6. The SMILES string of the molecule is O=C(Nc1cnc2ccccc2c1)N1C2CC[C@H]1CC(OCc1c(-c3c(Cl)cccc3Cl)noc1C1CC1)C2. The van der Waals surface area contributed by atoms with E-state index in [4.69, 9.17) is 32.5 Å². The lowest BCUT2D eigenvalue weighted by molar-refractivity contribution is -0.0158. The lowest BCUT2D eigenvalue weighted by Crippen LogP contribution is -2.50. The number of carbonyl (C=O) groups excluding carboxylic acids is 1. The Morgan fingerprint density at radius 2 is 1.77 bits per heavy atom. The van der Waals surface area contributed by atoms with Crippen molar-refractivity contribution in [3.63, 3.8) is 0 Å². The summed E-state index contributed by atoms with van der Waals surface area (Å²) < 4.78 is 12.3. The number of nitrogens with one attached hydrogen (secondary N) is 1. The van der Waals surface area contributed by atoms with E-state index >= 15 is 0 Å². The summed E-state index contributed by atoms with van der Waals surface area (Å²) in [6.07, 6.45) is 7.50. The molecule has 0 radical (unpaired) electrons. The summed E-state index contributed by atoms with van der Waals surface area (Å²) in [5.41, 5.74) is 3.90. The van der Waals surface area contributed by atoms with Crippen LogP contribution in [0.1, 0.15) is 55.8 Å². The van der Waals surface area contributed by atoms with Gasteiger partial charge in [-0.2, -0.15) is 0 Å². The molecule has 7 rings (SSSR count). The number of nitrogens with zero attached hydrogens (tertiary/aromatic N) is 3. The van der Waals surface area contributed by atoms with Crippen molar-refractivity contribution in [1.29, 1.82) is 0 Å². The van der Waals surface area contributed by atoms with Crippen LogP contribution in [-0.4, -0.2) is 39.3 Å². The number of rotatable bonds is 6. The van der Waals surface area contributed by atoms with Gasteiger partial charge in [0.05, 0.1) is 40.2 Å². The number of amides is 2. The van der Waals surface area contributed by atoms with Crippen LogP contribution < -0.4 is 5.32 Å². The average Bonchev–Trinajstić information content (AvgIpc) is 3.64. The Morgan fingerprint density at radius 3 is 2.51 bits per heavy atom. The lowest BCUT2D eigenvalue weighted by Gasteiger charge is -2.38. The molecule has 200 valence electrons. The monoisotopic (exact) mass is 562 g/mol. The summed E-state index contributed by atoms with van der Waals surface area (Å²) in [4.78, 5) is 19.8. The molecule has 2 aromatic heterocycles. The second-order valence-electron chi connectivity index (χ2n) is 10.8. The van der Waals surface area contributed by atoms with E-state index < -0.39 is 0 Å². The largest absolute Gasteiger partial charge is 0.373 e. The molecule has 3 atom stereocenters. The first-order valence-electron chi connectivity index (χ1n) is 13.5. The predicted octanol–water partition coefficient (Wildman–Crippen LogP) is 7.82. The quantitative estimate of drug-likeness (QED) is 0.259. The Bertz CT molecular complexity index is 1520. The van der Waals surface area contributed by atoms with Gasteiger partial charge < -0.3 is 19.5 Å². The average molecular weight is 563 g/mol. The van der Waals surface area contributed by atoms with Gasteiger partial charge in [-0.25, -0.2) is 4.79 Å². The minimum absolute atomic E-state index is 0.0467. The first kappa shape index (κ1) is 24.9. The van der Waals surface area contributed by atoms with E-state index in [0.29, 0.717) is 39.5 Å². The Hall–Kier alpha value is -3.13. The number of hydrogen-bond acceptors (Lipinski definition) is 5. The molecular formula is C30H28Cl2N4O3. The maximum atomic E-state index is 13.3. The summed E-state index contributed by atoms with van der Waals surface area (Å²) >= 11 is 13.0. The molecule has 0 spiro atoms. The number of para-hydroxylation sites is 1. The van der Waals surface area contributed by atoms with Crippen molar-refractivity contribution in [2.45, 2.75) is 69.2 Å². The van der Waals surface area contributed by atoms with Crippen molar-refractivity contribution in [2.24, 2.45) is 0 Å². The molecule has 3 fully saturated rings. The van der Waals surface area contributed by atoms with E-state index in [1.165, 1.54) is 0 Å². The van der Waals surface area contributed by atoms with E-state index in [1.54, 1.807) is 6.20 Å². The van der Waals surface area contributed by atoms with E-state index in [9.17, 15) is 4.79 Å². The molecule has 7 nitrogen and oxygen atoms in total. The molecule has 2 amide bonds. The number of anilines is 1. The highest BCUT2D eigenvalue weighted by atomic mass is 35.5. The van der Waals surface area contributed by atoms with E-state index in [1.807, 2.05) is 53.4 Å². The third-order valence-electron chi connectivity index (χ3n) is 8.20. The van der Waals surface area contributed by atoms with Gasteiger partial charge in [0.15, 0.2) is 0 Å². The minimum Gasteiger partial charge on any atom is -0.373 e. The number of hydrogen-bond donors (Lipinski definition) is 1. The summed E-state index contributed by atoms with van der Waals surface area (Å²) in [5, 5.41) is 9.54. The number of halogens is 2. The van der Waals surface area contributed by atoms with Crippen LogP contribution in [0, 0.1) is 0 Å². The molecule has 3 aliphatic rings. The Kier molecular flexibility index (Phi) is 6.46. The molecule has 39 heavy (non-hydrogen) atoms. The number of piperidine rings is 1. The number of pyridine rings is 1. The highest BCUT2D eigenvalue weighted by Gasteiger charge is 2.44. The lowest BCUT2D eigenvalue weighted by atomic mass is 9.99. The Balaban J connectivity index is 1.05. The number of benzene rings is 2. The van der Waals surface area contributed by atoms with Crippen LogP contribution >= 0.6 is 23.2 Å². The normalized spacial score (nSPS) is 22.4. The number of ether oxygens (including phenoxy) is 1. The zero-order chi connectivity index (χ0) is 26.5. The van der Waals surface area contributed by atoms with Gasteiger partial charge in [0.2, 0.25) is 0 Å². The molecule has 4 heterocycles. The molecule has 9 heteroatoms. The topological polar surface area (TPSA) is 80.5 Å². The van der Waals surface area contributed by atoms with Gasteiger partial charge in [0.25, 0.3) is 0 Å². The van der Waals surface area contributed by atoms with Gasteiger partial charge in [-0.15, -0.1) is 0 Å². The van der Waals surface area contributed by atoms with Gasteiger partial charge in [-0.3, -0.25) is 4.98 Å². The first-order chi connectivity index (χ1) is 19.0. The van der Waals surface area contributed by atoms with Gasteiger partial charge in [-0.05, 0) is 62.8 Å². The van der Waals surface area contributed by atoms with E-state index in [-0.39, 0.29) is 24.2 Å². The molecule has 2 aromatic carbocycles. The van der Waals surface area contributed by atoms with E-state index in [2.05, 4.69) is 15.5 Å². The highest BCUT2D eigenvalue weighted by molar-refractivity contribution is 6.39. The third-order valence-corrected chi connectivity index (χ3v) is 8.83. The van der Waals surface area contributed by atoms with Gasteiger partial charge in [-0.1, -0.05) is 52.6 Å². The van der Waals surface area contributed by atoms with Crippen molar-refractivity contribution in [1.82, 2.24) is 15.0 Å². The maximum Gasteiger partial charge on any atom is 0.322 e. The summed E-state index contributed by atoms with van der Waals surface area (Å²) in [6, 6.07) is 15.5. The summed E-state index contributed by atoms with van der Waals surface area (Å²) in [6.45, 7) is 0.380. The van der Waals surface area contributed by atoms with Crippen molar-refractivity contribution >= 4 is 45.8 Å². The molecular weight excluding hydrogens is 535 g/mol. The predicted molar refractivity (Wildman–Crippen MR) is 151 cm³/mol.